The summed E-state index contributed by atoms with van der Waals surface area (Å²) in [6, 6.07) is 16.3. The molecule has 2 aromatic carbocycles. The van der Waals surface area contributed by atoms with Crippen LogP contribution in [0.1, 0.15) is 11.1 Å². The first-order valence-corrected chi connectivity index (χ1v) is 8.15. The van der Waals surface area contributed by atoms with E-state index in [1.54, 1.807) is 23.6 Å². The Hall–Kier alpha value is -2.40. The van der Waals surface area contributed by atoms with Crippen LogP contribution in [0.25, 0.3) is 11.4 Å². The smallest absolute Gasteiger partial charge is 0.179 e. The summed E-state index contributed by atoms with van der Waals surface area (Å²) in [4.78, 5) is 11.2. The summed E-state index contributed by atoms with van der Waals surface area (Å²) in [6.45, 7) is 4.14. The molecule has 3 rings (SSSR count). The number of benzene rings is 2. The zero-order valence-corrected chi connectivity index (χ0v) is 14.2. The number of nitrogen functional groups attached to an aromatic ring is 1. The first-order valence-electron chi connectivity index (χ1n) is 7.33. The van der Waals surface area contributed by atoms with E-state index in [0.29, 0.717) is 5.82 Å². The lowest BCUT2D eigenvalue weighted by Crippen LogP contribution is -2.09. The van der Waals surface area contributed by atoms with Crippen LogP contribution in [0.15, 0.2) is 58.5 Å². The van der Waals surface area contributed by atoms with Gasteiger partial charge >= 0.3 is 0 Å². The topological polar surface area (TPSA) is 53.1 Å². The second-order valence-electron chi connectivity index (χ2n) is 5.34. The summed E-state index contributed by atoms with van der Waals surface area (Å²) >= 11 is 1.54. The molecule has 3 aromatic rings. The Labute approximate surface area is 140 Å². The molecule has 0 aliphatic carbocycles. The van der Waals surface area contributed by atoms with Crippen LogP contribution in [0.3, 0.4) is 0 Å². The SMILES string of the molecule is COn1c(-c2ccc(C)cc2C)nc(N)c1Sc1ccccc1. The zero-order valence-electron chi connectivity index (χ0n) is 13.4. The first-order chi connectivity index (χ1) is 11.1. The highest BCUT2D eigenvalue weighted by Crippen LogP contribution is 2.35. The van der Waals surface area contributed by atoms with Crippen LogP contribution in [-0.2, 0) is 0 Å². The first kappa shape index (κ1) is 15.5. The molecule has 0 atom stereocenters. The van der Waals surface area contributed by atoms with Gasteiger partial charge in [0.05, 0.1) is 0 Å². The van der Waals surface area contributed by atoms with Gasteiger partial charge in [-0.3, -0.25) is 0 Å². The second-order valence-corrected chi connectivity index (χ2v) is 6.40. The minimum absolute atomic E-state index is 0.468. The molecular weight excluding hydrogens is 306 g/mol. The van der Waals surface area contributed by atoms with Crippen LogP contribution in [0.5, 0.6) is 0 Å². The zero-order chi connectivity index (χ0) is 16.4. The predicted molar refractivity (Wildman–Crippen MR) is 94.6 cm³/mol. The van der Waals surface area contributed by atoms with E-state index in [4.69, 9.17) is 10.6 Å². The van der Waals surface area contributed by atoms with Gasteiger partial charge in [0.1, 0.15) is 7.11 Å². The number of aryl methyl sites for hydroxylation is 2. The van der Waals surface area contributed by atoms with Crippen molar-refractivity contribution >= 4 is 17.6 Å². The molecule has 0 saturated carbocycles. The van der Waals surface area contributed by atoms with E-state index in [2.05, 4.69) is 37.0 Å². The number of rotatable bonds is 4. The van der Waals surface area contributed by atoms with Gasteiger partial charge in [0.25, 0.3) is 0 Å². The number of aromatic nitrogens is 2. The third kappa shape index (κ3) is 3.05. The molecule has 1 heterocycles. The van der Waals surface area contributed by atoms with E-state index in [1.165, 1.54) is 5.56 Å². The summed E-state index contributed by atoms with van der Waals surface area (Å²) in [5.41, 5.74) is 9.53. The Morgan fingerprint density at radius 2 is 1.83 bits per heavy atom. The molecule has 0 saturated heterocycles. The van der Waals surface area contributed by atoms with Crippen LogP contribution in [0, 0.1) is 13.8 Å². The van der Waals surface area contributed by atoms with Crippen molar-refractivity contribution in [2.24, 2.45) is 0 Å². The van der Waals surface area contributed by atoms with Crippen molar-refractivity contribution in [3.05, 3.63) is 59.7 Å². The van der Waals surface area contributed by atoms with Crippen LogP contribution in [0.4, 0.5) is 5.82 Å². The summed E-state index contributed by atoms with van der Waals surface area (Å²) < 4.78 is 1.70. The molecule has 0 amide bonds. The highest BCUT2D eigenvalue weighted by atomic mass is 32.2. The lowest BCUT2D eigenvalue weighted by Gasteiger charge is -2.11. The minimum atomic E-state index is 0.468. The number of anilines is 1. The molecule has 2 N–H and O–H groups in total. The summed E-state index contributed by atoms with van der Waals surface area (Å²) in [5, 5.41) is 0.786. The molecule has 5 heteroatoms. The fraction of sp³-hybridized carbons (Fsp3) is 0.167. The number of nitrogens with two attached hydrogens (primary N) is 1. The van der Waals surface area contributed by atoms with Crippen molar-refractivity contribution in [3.63, 3.8) is 0 Å². The average molecular weight is 325 g/mol. The Morgan fingerprint density at radius 1 is 1.09 bits per heavy atom. The van der Waals surface area contributed by atoms with Crippen molar-refractivity contribution in [2.75, 3.05) is 12.8 Å². The van der Waals surface area contributed by atoms with Gasteiger partial charge in [0, 0.05) is 10.5 Å². The Bertz CT molecular complexity index is 828. The van der Waals surface area contributed by atoms with Crippen LogP contribution in [0.2, 0.25) is 0 Å². The highest BCUT2D eigenvalue weighted by molar-refractivity contribution is 7.99. The van der Waals surface area contributed by atoms with E-state index >= 15 is 0 Å². The van der Waals surface area contributed by atoms with E-state index in [1.807, 2.05) is 30.3 Å². The molecule has 0 aliphatic rings. The van der Waals surface area contributed by atoms with Gasteiger partial charge in [0.2, 0.25) is 0 Å². The number of nitrogens with zero attached hydrogens (tertiary/aromatic N) is 2. The number of hydrogen-bond acceptors (Lipinski definition) is 4. The van der Waals surface area contributed by atoms with Crippen LogP contribution < -0.4 is 10.6 Å². The van der Waals surface area contributed by atoms with Crippen molar-refractivity contribution in [3.8, 4) is 11.4 Å². The van der Waals surface area contributed by atoms with E-state index in [-0.39, 0.29) is 0 Å². The summed E-state index contributed by atoms with van der Waals surface area (Å²) in [6.07, 6.45) is 0. The molecular formula is C18H19N3OS. The summed E-state index contributed by atoms with van der Waals surface area (Å²) in [5.74, 6) is 1.19. The second kappa shape index (κ2) is 6.38. The van der Waals surface area contributed by atoms with Crippen molar-refractivity contribution < 1.29 is 4.84 Å². The lowest BCUT2D eigenvalue weighted by molar-refractivity contribution is 0.151. The van der Waals surface area contributed by atoms with E-state index in [9.17, 15) is 0 Å². The van der Waals surface area contributed by atoms with Crippen LogP contribution >= 0.6 is 11.8 Å². The fourth-order valence-corrected chi connectivity index (χ4v) is 3.42. The molecule has 23 heavy (non-hydrogen) atoms. The molecule has 0 spiro atoms. The average Bonchev–Trinajstić information content (AvgIpc) is 2.84. The van der Waals surface area contributed by atoms with Crippen molar-refractivity contribution in [1.82, 2.24) is 9.71 Å². The van der Waals surface area contributed by atoms with Gasteiger partial charge < -0.3 is 10.6 Å². The van der Waals surface area contributed by atoms with Crippen molar-refractivity contribution in [2.45, 2.75) is 23.8 Å². The molecule has 118 valence electrons. The van der Waals surface area contributed by atoms with Gasteiger partial charge in [-0.15, -0.1) is 0 Å². The maximum Gasteiger partial charge on any atom is 0.179 e. The molecule has 0 fully saturated rings. The number of imidazole rings is 1. The third-order valence-electron chi connectivity index (χ3n) is 3.59. The van der Waals surface area contributed by atoms with Gasteiger partial charge in [-0.1, -0.05) is 53.7 Å². The summed E-state index contributed by atoms with van der Waals surface area (Å²) in [7, 11) is 1.63. The largest absolute Gasteiger partial charge is 0.414 e. The standard InChI is InChI=1S/C18H19N3OS/c1-12-9-10-15(13(2)11-12)17-20-16(19)18(21(17)22-3)23-14-7-5-4-6-8-14/h4-11H,19H2,1-3H3. The maximum atomic E-state index is 6.15. The third-order valence-corrected chi connectivity index (χ3v) is 4.66. The Kier molecular flexibility index (Phi) is 4.30. The van der Waals surface area contributed by atoms with Gasteiger partial charge in [-0.25, -0.2) is 4.98 Å². The quantitative estimate of drug-likeness (QED) is 0.789. The maximum absolute atomic E-state index is 6.15. The van der Waals surface area contributed by atoms with Gasteiger partial charge in [0.15, 0.2) is 16.7 Å². The Morgan fingerprint density at radius 3 is 2.48 bits per heavy atom. The monoisotopic (exact) mass is 325 g/mol. The molecule has 0 bridgehead atoms. The van der Waals surface area contributed by atoms with Crippen LogP contribution in [-0.4, -0.2) is 16.8 Å². The normalized spacial score (nSPS) is 10.7. The van der Waals surface area contributed by atoms with Gasteiger partial charge in [-0.2, -0.15) is 4.73 Å². The fourth-order valence-electron chi connectivity index (χ4n) is 2.50. The molecule has 0 unspecified atom stereocenters. The highest BCUT2D eigenvalue weighted by Gasteiger charge is 2.19. The molecule has 0 aliphatic heterocycles. The Balaban J connectivity index is 2.08. The minimum Gasteiger partial charge on any atom is -0.414 e. The van der Waals surface area contributed by atoms with Gasteiger partial charge in [-0.05, 0) is 31.5 Å². The van der Waals surface area contributed by atoms with Crippen molar-refractivity contribution in [1.29, 1.82) is 0 Å². The number of hydrogen-bond donors (Lipinski definition) is 1. The van der Waals surface area contributed by atoms with E-state index in [0.717, 1.165) is 26.9 Å². The molecule has 4 nitrogen and oxygen atoms in total. The lowest BCUT2D eigenvalue weighted by atomic mass is 10.1. The van der Waals surface area contributed by atoms with E-state index < -0.39 is 0 Å². The predicted octanol–water partition coefficient (Wildman–Crippen LogP) is 3.96. The molecule has 0 radical (unpaired) electrons. The molecule has 1 aromatic heterocycles.